The first kappa shape index (κ1) is 15.1. The second-order valence-electron chi connectivity index (χ2n) is 4.45. The van der Waals surface area contributed by atoms with Gasteiger partial charge < -0.3 is 5.32 Å². The van der Waals surface area contributed by atoms with Crippen molar-refractivity contribution in [2.24, 2.45) is 0 Å². The number of amides is 1. The zero-order chi connectivity index (χ0) is 14.5. The van der Waals surface area contributed by atoms with Gasteiger partial charge in [-0.15, -0.1) is 11.8 Å². The molecule has 0 saturated heterocycles. The molecule has 0 fully saturated rings. The van der Waals surface area contributed by atoms with Crippen molar-refractivity contribution in [1.82, 2.24) is 5.32 Å². The highest BCUT2D eigenvalue weighted by Gasteiger charge is 2.14. The van der Waals surface area contributed by atoms with Gasteiger partial charge in [0.2, 0.25) is 0 Å². The average molecular weight is 350 g/mol. The molecule has 2 nitrogen and oxygen atoms in total. The number of hydrogen-bond donors (Lipinski definition) is 1. The lowest BCUT2D eigenvalue weighted by molar-refractivity contribution is 0.0937. The summed E-state index contributed by atoms with van der Waals surface area (Å²) in [5, 5.41) is 3.04. The molecule has 0 aliphatic carbocycles. The van der Waals surface area contributed by atoms with Crippen LogP contribution >= 0.6 is 27.7 Å². The molecule has 0 bridgehead atoms. The van der Waals surface area contributed by atoms with Crippen molar-refractivity contribution < 1.29 is 4.79 Å². The molecule has 0 heterocycles. The Kier molecular flexibility index (Phi) is 5.26. The minimum absolute atomic E-state index is 0.0227. The first-order valence-corrected chi connectivity index (χ1v) is 8.33. The molecule has 1 amide bonds. The maximum absolute atomic E-state index is 12.3. The Morgan fingerprint density at radius 3 is 2.45 bits per heavy atom. The predicted octanol–water partition coefficient (Wildman–Crippen LogP) is 4.66. The van der Waals surface area contributed by atoms with Crippen molar-refractivity contribution in [2.45, 2.75) is 17.9 Å². The molecular weight excluding hydrogens is 334 g/mol. The highest BCUT2D eigenvalue weighted by Crippen LogP contribution is 2.21. The van der Waals surface area contributed by atoms with Gasteiger partial charge in [0.25, 0.3) is 5.91 Å². The standard InChI is InChI=1S/C16H16BrNOS/c1-11(12-7-9-13(17)10-8-12)18-16(19)14-5-3-4-6-15(14)20-2/h3-11H,1-2H3,(H,18,19)/t11-/m1/s1. The molecule has 104 valence electrons. The van der Waals surface area contributed by atoms with Crippen LogP contribution in [0, 0.1) is 0 Å². The van der Waals surface area contributed by atoms with Gasteiger partial charge in [-0.3, -0.25) is 4.79 Å². The van der Waals surface area contributed by atoms with Crippen LogP contribution in [0.5, 0.6) is 0 Å². The molecule has 20 heavy (non-hydrogen) atoms. The highest BCUT2D eigenvalue weighted by molar-refractivity contribution is 9.10. The molecule has 2 rings (SSSR count). The Morgan fingerprint density at radius 2 is 1.80 bits per heavy atom. The number of benzene rings is 2. The first-order chi connectivity index (χ1) is 9.61. The number of carbonyl (C=O) groups excluding carboxylic acids is 1. The summed E-state index contributed by atoms with van der Waals surface area (Å²) in [6, 6.07) is 15.6. The van der Waals surface area contributed by atoms with Crippen LogP contribution < -0.4 is 5.32 Å². The van der Waals surface area contributed by atoms with E-state index in [9.17, 15) is 4.79 Å². The monoisotopic (exact) mass is 349 g/mol. The summed E-state index contributed by atoms with van der Waals surface area (Å²) >= 11 is 4.99. The smallest absolute Gasteiger partial charge is 0.252 e. The molecule has 0 saturated carbocycles. The summed E-state index contributed by atoms with van der Waals surface area (Å²) in [6.45, 7) is 1.99. The molecule has 2 aromatic carbocycles. The number of halogens is 1. The quantitative estimate of drug-likeness (QED) is 0.813. The lowest BCUT2D eigenvalue weighted by Gasteiger charge is -2.15. The van der Waals surface area contributed by atoms with E-state index in [0.717, 1.165) is 20.5 Å². The number of nitrogens with one attached hydrogen (secondary N) is 1. The van der Waals surface area contributed by atoms with E-state index in [0.29, 0.717) is 0 Å². The molecule has 0 aliphatic rings. The Labute approximate surface area is 132 Å². The SMILES string of the molecule is CSc1ccccc1C(=O)N[C@H](C)c1ccc(Br)cc1. The fourth-order valence-corrected chi connectivity index (χ4v) is 2.80. The molecule has 0 aromatic heterocycles. The summed E-state index contributed by atoms with van der Waals surface area (Å²) < 4.78 is 1.03. The molecule has 2 aromatic rings. The van der Waals surface area contributed by atoms with Crippen LogP contribution in [0.25, 0.3) is 0 Å². The van der Waals surface area contributed by atoms with Gasteiger partial charge in [-0.25, -0.2) is 0 Å². The van der Waals surface area contributed by atoms with Gasteiger partial charge in [0.05, 0.1) is 11.6 Å². The van der Waals surface area contributed by atoms with Crippen molar-refractivity contribution in [3.05, 3.63) is 64.1 Å². The third-order valence-electron chi connectivity index (χ3n) is 3.07. The van der Waals surface area contributed by atoms with Crippen molar-refractivity contribution in [3.63, 3.8) is 0 Å². The lowest BCUT2D eigenvalue weighted by Crippen LogP contribution is -2.27. The topological polar surface area (TPSA) is 29.1 Å². The van der Waals surface area contributed by atoms with Crippen molar-refractivity contribution >= 4 is 33.6 Å². The fourth-order valence-electron chi connectivity index (χ4n) is 1.94. The van der Waals surface area contributed by atoms with E-state index in [2.05, 4.69) is 21.2 Å². The van der Waals surface area contributed by atoms with E-state index < -0.39 is 0 Å². The van der Waals surface area contributed by atoms with Crippen LogP contribution in [0.3, 0.4) is 0 Å². The van der Waals surface area contributed by atoms with Crippen LogP contribution in [0.4, 0.5) is 0 Å². The van der Waals surface area contributed by atoms with Gasteiger partial charge in [0, 0.05) is 9.37 Å². The van der Waals surface area contributed by atoms with E-state index in [-0.39, 0.29) is 11.9 Å². The van der Waals surface area contributed by atoms with Crippen molar-refractivity contribution in [3.8, 4) is 0 Å². The summed E-state index contributed by atoms with van der Waals surface area (Å²) in [4.78, 5) is 13.3. The fraction of sp³-hybridized carbons (Fsp3) is 0.188. The molecule has 1 N–H and O–H groups in total. The van der Waals surface area contributed by atoms with Crippen LogP contribution in [-0.4, -0.2) is 12.2 Å². The van der Waals surface area contributed by atoms with Gasteiger partial charge >= 0.3 is 0 Å². The zero-order valence-corrected chi connectivity index (χ0v) is 13.8. The molecule has 0 radical (unpaired) electrons. The summed E-state index contributed by atoms with van der Waals surface area (Å²) in [5.41, 5.74) is 1.81. The second kappa shape index (κ2) is 6.95. The van der Waals surface area contributed by atoms with Gasteiger partial charge in [-0.05, 0) is 43.0 Å². The lowest BCUT2D eigenvalue weighted by atomic mass is 10.1. The Hall–Kier alpha value is -1.26. The minimum Gasteiger partial charge on any atom is -0.345 e. The highest BCUT2D eigenvalue weighted by atomic mass is 79.9. The van der Waals surface area contributed by atoms with Crippen molar-refractivity contribution in [1.29, 1.82) is 0 Å². The zero-order valence-electron chi connectivity index (χ0n) is 11.4. The van der Waals surface area contributed by atoms with Gasteiger partial charge in [-0.2, -0.15) is 0 Å². The van der Waals surface area contributed by atoms with Gasteiger partial charge in [0.1, 0.15) is 0 Å². The van der Waals surface area contributed by atoms with Gasteiger partial charge in [-0.1, -0.05) is 40.2 Å². The Bertz CT molecular complexity index is 598. The molecular formula is C16H16BrNOS. The summed E-state index contributed by atoms with van der Waals surface area (Å²) in [6.07, 6.45) is 1.98. The minimum atomic E-state index is -0.0367. The van der Waals surface area contributed by atoms with E-state index >= 15 is 0 Å². The van der Waals surface area contributed by atoms with Crippen LogP contribution in [-0.2, 0) is 0 Å². The maximum atomic E-state index is 12.3. The first-order valence-electron chi connectivity index (χ1n) is 6.31. The number of carbonyl (C=O) groups is 1. The van der Waals surface area contributed by atoms with E-state index in [1.807, 2.05) is 61.7 Å². The Morgan fingerprint density at radius 1 is 1.15 bits per heavy atom. The number of rotatable bonds is 4. The van der Waals surface area contributed by atoms with Gasteiger partial charge in [0.15, 0.2) is 0 Å². The normalized spacial score (nSPS) is 11.9. The third kappa shape index (κ3) is 3.64. The third-order valence-corrected chi connectivity index (χ3v) is 4.39. The van der Waals surface area contributed by atoms with Crippen LogP contribution in [0.1, 0.15) is 28.9 Å². The Balaban J connectivity index is 2.13. The van der Waals surface area contributed by atoms with Crippen molar-refractivity contribution in [2.75, 3.05) is 6.26 Å². The maximum Gasteiger partial charge on any atom is 0.252 e. The van der Waals surface area contributed by atoms with Crippen LogP contribution in [0.2, 0.25) is 0 Å². The molecule has 4 heteroatoms. The average Bonchev–Trinajstić information content (AvgIpc) is 2.47. The molecule has 0 spiro atoms. The largest absolute Gasteiger partial charge is 0.345 e. The summed E-state index contributed by atoms with van der Waals surface area (Å²) in [5.74, 6) is -0.0367. The number of hydrogen-bond acceptors (Lipinski definition) is 2. The summed E-state index contributed by atoms with van der Waals surface area (Å²) in [7, 11) is 0. The van der Waals surface area contributed by atoms with E-state index in [1.165, 1.54) is 0 Å². The van der Waals surface area contributed by atoms with Crippen LogP contribution in [0.15, 0.2) is 57.9 Å². The van der Waals surface area contributed by atoms with E-state index in [1.54, 1.807) is 11.8 Å². The number of thioether (sulfide) groups is 1. The second-order valence-corrected chi connectivity index (χ2v) is 6.21. The molecule has 1 atom stereocenters. The van der Waals surface area contributed by atoms with E-state index in [4.69, 9.17) is 0 Å². The molecule has 0 aliphatic heterocycles. The molecule has 0 unspecified atom stereocenters. The predicted molar refractivity (Wildman–Crippen MR) is 88.2 cm³/mol.